The molecule has 0 saturated heterocycles. The average molecular weight is 180 g/mol. The fourth-order valence-electron chi connectivity index (χ4n) is 0.898. The van der Waals surface area contributed by atoms with Crippen LogP contribution in [0.4, 0.5) is 0 Å². The van der Waals surface area contributed by atoms with Gasteiger partial charge < -0.3 is 5.11 Å². The van der Waals surface area contributed by atoms with Crippen molar-refractivity contribution in [1.82, 2.24) is 9.13 Å². The molecule has 0 aromatic carbocycles. The molecule has 0 amide bonds. The highest BCUT2D eigenvalue weighted by molar-refractivity contribution is 5.28. The molecule has 0 fully saturated rings. The summed E-state index contributed by atoms with van der Waals surface area (Å²) in [6.45, 7) is 6.60. The van der Waals surface area contributed by atoms with Crippen LogP contribution in [-0.4, -0.2) is 14.2 Å². The second-order valence-corrected chi connectivity index (χ2v) is 2.23. The molecule has 0 bridgehead atoms. The minimum atomic E-state index is -0.699. The third-order valence-corrected chi connectivity index (χ3v) is 1.51. The van der Waals surface area contributed by atoms with E-state index in [1.54, 1.807) is 0 Å². The lowest BCUT2D eigenvalue weighted by molar-refractivity contribution is 0.433. The van der Waals surface area contributed by atoms with Crippen LogP contribution >= 0.6 is 0 Å². The third-order valence-electron chi connectivity index (χ3n) is 1.51. The maximum absolute atomic E-state index is 11.3. The van der Waals surface area contributed by atoms with Crippen LogP contribution in [0.3, 0.4) is 0 Å². The van der Waals surface area contributed by atoms with Crippen molar-refractivity contribution < 1.29 is 5.11 Å². The molecular weight excluding hydrogens is 172 g/mol. The van der Waals surface area contributed by atoms with E-state index in [4.69, 9.17) is 5.11 Å². The zero-order valence-electron chi connectivity index (χ0n) is 6.80. The van der Waals surface area contributed by atoms with Crippen LogP contribution in [0.5, 0.6) is 5.88 Å². The highest BCUT2D eigenvalue weighted by atomic mass is 16.3. The Bertz CT molecular complexity index is 467. The van der Waals surface area contributed by atoms with E-state index in [9.17, 15) is 9.59 Å². The van der Waals surface area contributed by atoms with Crippen LogP contribution in [0.15, 0.2) is 28.8 Å². The first-order valence-corrected chi connectivity index (χ1v) is 3.44. The first-order valence-electron chi connectivity index (χ1n) is 3.44. The molecule has 1 aromatic rings. The lowest BCUT2D eigenvalue weighted by Gasteiger charge is -2.03. The van der Waals surface area contributed by atoms with E-state index in [0.717, 1.165) is 27.6 Å². The van der Waals surface area contributed by atoms with Gasteiger partial charge in [-0.3, -0.25) is 4.79 Å². The van der Waals surface area contributed by atoms with Gasteiger partial charge in [-0.15, -0.1) is 0 Å². The number of aromatic nitrogens is 2. The van der Waals surface area contributed by atoms with Crippen LogP contribution < -0.4 is 11.2 Å². The minimum absolute atomic E-state index is 0.442. The molecule has 0 saturated carbocycles. The molecule has 5 heteroatoms. The van der Waals surface area contributed by atoms with E-state index < -0.39 is 17.1 Å². The Hall–Kier alpha value is -2.04. The molecule has 13 heavy (non-hydrogen) atoms. The van der Waals surface area contributed by atoms with Crippen LogP contribution in [0.2, 0.25) is 0 Å². The van der Waals surface area contributed by atoms with Gasteiger partial charge in [-0.25, -0.2) is 13.9 Å². The fraction of sp³-hybridized carbons (Fsp3) is 0. The molecular formula is C8H8N2O3. The molecule has 0 aliphatic rings. The largest absolute Gasteiger partial charge is 0.494 e. The van der Waals surface area contributed by atoms with Gasteiger partial charge in [0.05, 0.1) is 6.07 Å². The summed E-state index contributed by atoms with van der Waals surface area (Å²) in [6, 6.07) is 0.908. The molecule has 0 aliphatic heterocycles. The number of hydrogen-bond donors (Lipinski definition) is 1. The van der Waals surface area contributed by atoms with Crippen molar-refractivity contribution in [2.24, 2.45) is 0 Å². The normalized spacial score (nSPS) is 9.54. The van der Waals surface area contributed by atoms with Crippen LogP contribution in [-0.2, 0) is 0 Å². The molecule has 0 aliphatic carbocycles. The van der Waals surface area contributed by atoms with Crippen molar-refractivity contribution in [3.05, 3.63) is 40.1 Å². The number of rotatable bonds is 2. The maximum atomic E-state index is 11.3. The van der Waals surface area contributed by atoms with Crippen molar-refractivity contribution >= 4 is 12.4 Å². The quantitative estimate of drug-likeness (QED) is 0.692. The molecule has 1 aromatic heterocycles. The molecule has 0 atom stereocenters. The van der Waals surface area contributed by atoms with Gasteiger partial charge in [0.15, 0.2) is 0 Å². The second kappa shape index (κ2) is 3.14. The Labute approximate surface area is 73.5 Å². The number of nitrogens with zero attached hydrogens (tertiary/aromatic N) is 2. The predicted molar refractivity (Wildman–Crippen MR) is 49.4 cm³/mol. The van der Waals surface area contributed by atoms with Crippen LogP contribution in [0.25, 0.3) is 12.4 Å². The Morgan fingerprint density at radius 1 is 1.23 bits per heavy atom. The van der Waals surface area contributed by atoms with E-state index in [-0.39, 0.29) is 0 Å². The standard InChI is InChI=1S/C8H8N2O3/c1-3-9-6(11)5-7(12)10(4-2)8(9)13/h3-5,11H,1-2H2. The van der Waals surface area contributed by atoms with Crippen molar-refractivity contribution in [1.29, 1.82) is 0 Å². The number of hydrogen-bond acceptors (Lipinski definition) is 3. The first kappa shape index (κ1) is 9.05. The minimum Gasteiger partial charge on any atom is -0.494 e. The molecule has 1 N–H and O–H groups in total. The van der Waals surface area contributed by atoms with Gasteiger partial charge in [-0.1, -0.05) is 13.2 Å². The van der Waals surface area contributed by atoms with E-state index >= 15 is 0 Å². The smallest absolute Gasteiger partial charge is 0.342 e. The molecule has 0 radical (unpaired) electrons. The van der Waals surface area contributed by atoms with Gasteiger partial charge in [-0.2, -0.15) is 0 Å². The van der Waals surface area contributed by atoms with E-state index in [2.05, 4.69) is 13.2 Å². The first-order chi connectivity index (χ1) is 6.11. The average Bonchev–Trinajstić information content (AvgIpc) is 2.04. The highest BCUT2D eigenvalue weighted by Gasteiger charge is 2.04. The highest BCUT2D eigenvalue weighted by Crippen LogP contribution is 1.99. The van der Waals surface area contributed by atoms with E-state index in [1.165, 1.54) is 0 Å². The Morgan fingerprint density at radius 2 is 1.77 bits per heavy atom. The molecule has 1 heterocycles. The van der Waals surface area contributed by atoms with E-state index in [0.29, 0.717) is 0 Å². The third kappa shape index (κ3) is 1.31. The van der Waals surface area contributed by atoms with Gasteiger partial charge in [0.1, 0.15) is 0 Å². The van der Waals surface area contributed by atoms with Gasteiger partial charge in [0.25, 0.3) is 5.56 Å². The van der Waals surface area contributed by atoms with Crippen molar-refractivity contribution in [2.45, 2.75) is 0 Å². The Morgan fingerprint density at radius 3 is 2.23 bits per heavy atom. The fourth-order valence-corrected chi connectivity index (χ4v) is 0.898. The van der Waals surface area contributed by atoms with Crippen LogP contribution in [0.1, 0.15) is 0 Å². The topological polar surface area (TPSA) is 64.2 Å². The maximum Gasteiger partial charge on any atom is 0.342 e. The zero-order valence-corrected chi connectivity index (χ0v) is 6.80. The predicted octanol–water partition coefficient (Wildman–Crippen LogP) is -0.0834. The summed E-state index contributed by atoms with van der Waals surface area (Å²) in [7, 11) is 0. The summed E-state index contributed by atoms with van der Waals surface area (Å²) < 4.78 is 1.60. The summed E-state index contributed by atoms with van der Waals surface area (Å²) in [5, 5.41) is 9.14. The van der Waals surface area contributed by atoms with E-state index in [1.807, 2.05) is 0 Å². The lowest BCUT2D eigenvalue weighted by Crippen LogP contribution is -2.34. The summed E-state index contributed by atoms with van der Waals surface area (Å²) >= 11 is 0. The summed E-state index contributed by atoms with van der Waals surface area (Å²) in [5.41, 5.74) is -1.33. The zero-order chi connectivity index (χ0) is 10.0. The summed E-state index contributed by atoms with van der Waals surface area (Å²) in [6.07, 6.45) is 2.18. The van der Waals surface area contributed by atoms with Gasteiger partial charge in [-0.05, 0) is 0 Å². The van der Waals surface area contributed by atoms with Gasteiger partial charge in [0, 0.05) is 12.4 Å². The second-order valence-electron chi connectivity index (χ2n) is 2.23. The SMILES string of the molecule is C=Cn1c(O)cc(=O)n(C=C)c1=O. The molecule has 0 spiro atoms. The summed E-state index contributed by atoms with van der Waals surface area (Å²) in [4.78, 5) is 22.3. The molecule has 5 nitrogen and oxygen atoms in total. The van der Waals surface area contributed by atoms with Crippen molar-refractivity contribution in [2.75, 3.05) is 0 Å². The Balaban J connectivity index is 3.78. The monoisotopic (exact) mass is 180 g/mol. The van der Waals surface area contributed by atoms with Crippen LogP contribution in [0, 0.1) is 0 Å². The van der Waals surface area contributed by atoms with Gasteiger partial charge in [0.2, 0.25) is 5.88 Å². The summed E-state index contributed by atoms with van der Waals surface area (Å²) in [5.74, 6) is -0.442. The Kier molecular flexibility index (Phi) is 2.19. The lowest BCUT2D eigenvalue weighted by atomic mass is 10.5. The van der Waals surface area contributed by atoms with Crippen molar-refractivity contribution in [3.8, 4) is 5.88 Å². The molecule has 0 unspecified atom stereocenters. The number of aromatic hydroxyl groups is 1. The molecule has 68 valence electrons. The van der Waals surface area contributed by atoms with Crippen molar-refractivity contribution in [3.63, 3.8) is 0 Å². The van der Waals surface area contributed by atoms with Gasteiger partial charge >= 0.3 is 5.69 Å². The molecule has 1 rings (SSSR count).